The Morgan fingerprint density at radius 1 is 1.05 bits per heavy atom. The van der Waals surface area contributed by atoms with Crippen LogP contribution in [0.2, 0.25) is 0 Å². The van der Waals surface area contributed by atoms with Crippen molar-refractivity contribution in [3.63, 3.8) is 0 Å². The molecular weight excluding hydrogens is 382 g/mol. The van der Waals surface area contributed by atoms with Crippen molar-refractivity contribution in [3.8, 4) is 5.75 Å². The van der Waals surface area contributed by atoms with Crippen molar-refractivity contribution in [2.75, 3.05) is 13.2 Å². The highest BCUT2D eigenvalue weighted by atomic mass is 79.9. The molecular formula is C16H17Br2NO. The number of nitrogens with one attached hydrogen (secondary N) is 1. The van der Waals surface area contributed by atoms with Gasteiger partial charge in [0.2, 0.25) is 0 Å². The molecule has 0 saturated heterocycles. The van der Waals surface area contributed by atoms with E-state index in [0.29, 0.717) is 12.6 Å². The number of halogens is 2. The van der Waals surface area contributed by atoms with Crippen LogP contribution < -0.4 is 10.1 Å². The van der Waals surface area contributed by atoms with Crippen molar-refractivity contribution in [1.29, 1.82) is 0 Å². The molecule has 0 saturated carbocycles. The van der Waals surface area contributed by atoms with Crippen LogP contribution in [0.25, 0.3) is 0 Å². The molecule has 0 bridgehead atoms. The minimum atomic E-state index is 0.306. The quantitative estimate of drug-likeness (QED) is 0.695. The van der Waals surface area contributed by atoms with E-state index in [0.717, 1.165) is 21.2 Å². The molecule has 0 aliphatic heterocycles. The normalized spacial score (nSPS) is 12.2. The average molecular weight is 399 g/mol. The average Bonchev–Trinajstić information content (AvgIpc) is 2.45. The van der Waals surface area contributed by atoms with E-state index in [9.17, 15) is 0 Å². The third-order valence-corrected chi connectivity index (χ3v) is 4.01. The van der Waals surface area contributed by atoms with Crippen LogP contribution in [0.3, 0.4) is 0 Å². The lowest BCUT2D eigenvalue weighted by Gasteiger charge is -2.15. The maximum absolute atomic E-state index is 5.68. The van der Waals surface area contributed by atoms with E-state index in [1.165, 1.54) is 5.56 Å². The Labute approximate surface area is 136 Å². The van der Waals surface area contributed by atoms with E-state index in [1.807, 2.05) is 30.3 Å². The van der Waals surface area contributed by atoms with Gasteiger partial charge in [-0.05, 0) is 48.9 Å². The molecule has 2 aromatic rings. The largest absolute Gasteiger partial charge is 0.492 e. The molecule has 0 amide bonds. The summed E-state index contributed by atoms with van der Waals surface area (Å²) in [5, 5.41) is 3.45. The van der Waals surface area contributed by atoms with E-state index < -0.39 is 0 Å². The number of benzene rings is 2. The first-order valence-electron chi connectivity index (χ1n) is 6.52. The summed E-state index contributed by atoms with van der Waals surface area (Å²) in [4.78, 5) is 0. The van der Waals surface area contributed by atoms with Crippen LogP contribution in [0.15, 0.2) is 57.5 Å². The molecule has 1 N–H and O–H groups in total. The molecule has 0 unspecified atom stereocenters. The molecule has 2 aromatic carbocycles. The molecule has 2 nitrogen and oxygen atoms in total. The highest BCUT2D eigenvalue weighted by Crippen LogP contribution is 2.18. The van der Waals surface area contributed by atoms with Gasteiger partial charge < -0.3 is 10.1 Å². The van der Waals surface area contributed by atoms with Gasteiger partial charge in [-0.1, -0.05) is 44.0 Å². The van der Waals surface area contributed by atoms with Crippen LogP contribution >= 0.6 is 31.9 Å². The second kappa shape index (κ2) is 7.81. The van der Waals surface area contributed by atoms with Crippen molar-refractivity contribution in [3.05, 3.63) is 63.0 Å². The van der Waals surface area contributed by atoms with Crippen LogP contribution in [-0.2, 0) is 0 Å². The number of ether oxygens (including phenoxy) is 1. The van der Waals surface area contributed by atoms with Crippen LogP contribution in [0.1, 0.15) is 18.5 Å². The van der Waals surface area contributed by atoms with Gasteiger partial charge in [0, 0.05) is 21.5 Å². The van der Waals surface area contributed by atoms with E-state index in [1.54, 1.807) is 0 Å². The summed E-state index contributed by atoms with van der Waals surface area (Å²) in [6.07, 6.45) is 0. The molecule has 106 valence electrons. The van der Waals surface area contributed by atoms with E-state index in [4.69, 9.17) is 4.74 Å². The molecule has 2 rings (SSSR count). The van der Waals surface area contributed by atoms with Crippen molar-refractivity contribution in [2.24, 2.45) is 0 Å². The minimum Gasteiger partial charge on any atom is -0.492 e. The van der Waals surface area contributed by atoms with Gasteiger partial charge in [-0.2, -0.15) is 0 Å². The monoisotopic (exact) mass is 397 g/mol. The van der Waals surface area contributed by atoms with Gasteiger partial charge in [0.1, 0.15) is 12.4 Å². The SMILES string of the molecule is C[C@H](NCCOc1ccc(Br)cc1)c1cccc(Br)c1. The molecule has 0 spiro atoms. The summed E-state index contributed by atoms with van der Waals surface area (Å²) < 4.78 is 7.85. The summed E-state index contributed by atoms with van der Waals surface area (Å²) >= 11 is 6.90. The standard InChI is InChI=1S/C16H17Br2NO/c1-12(13-3-2-4-15(18)11-13)19-9-10-20-16-7-5-14(17)6-8-16/h2-8,11-12,19H,9-10H2,1H3/t12-/m0/s1. The predicted octanol–water partition coefficient (Wildman–Crippen LogP) is 4.94. The summed E-state index contributed by atoms with van der Waals surface area (Å²) in [6, 6.07) is 16.5. The first-order valence-corrected chi connectivity index (χ1v) is 8.11. The fraction of sp³-hybridized carbons (Fsp3) is 0.250. The van der Waals surface area contributed by atoms with Gasteiger partial charge in [0.05, 0.1) is 0 Å². The van der Waals surface area contributed by atoms with Gasteiger partial charge >= 0.3 is 0 Å². The zero-order chi connectivity index (χ0) is 14.4. The van der Waals surface area contributed by atoms with Crippen LogP contribution in [0, 0.1) is 0 Å². The van der Waals surface area contributed by atoms with Gasteiger partial charge in [0.15, 0.2) is 0 Å². The van der Waals surface area contributed by atoms with Gasteiger partial charge in [-0.15, -0.1) is 0 Å². The highest BCUT2D eigenvalue weighted by Gasteiger charge is 2.04. The van der Waals surface area contributed by atoms with Crippen molar-refractivity contribution >= 4 is 31.9 Å². The summed E-state index contributed by atoms with van der Waals surface area (Å²) in [6.45, 7) is 3.62. The van der Waals surface area contributed by atoms with Crippen molar-refractivity contribution in [1.82, 2.24) is 5.32 Å². The number of hydrogen-bond acceptors (Lipinski definition) is 2. The summed E-state index contributed by atoms with van der Waals surface area (Å²) in [5.74, 6) is 0.894. The lowest BCUT2D eigenvalue weighted by molar-refractivity contribution is 0.307. The Balaban J connectivity index is 1.74. The van der Waals surface area contributed by atoms with Gasteiger partial charge in [0.25, 0.3) is 0 Å². The van der Waals surface area contributed by atoms with Gasteiger partial charge in [-0.25, -0.2) is 0 Å². The Hall–Kier alpha value is -0.840. The van der Waals surface area contributed by atoms with Crippen molar-refractivity contribution in [2.45, 2.75) is 13.0 Å². The molecule has 0 heterocycles. The third-order valence-electron chi connectivity index (χ3n) is 2.98. The number of rotatable bonds is 6. The minimum absolute atomic E-state index is 0.306. The second-order valence-corrected chi connectivity index (χ2v) is 6.36. The first-order chi connectivity index (χ1) is 9.65. The lowest BCUT2D eigenvalue weighted by Crippen LogP contribution is -2.24. The number of hydrogen-bond donors (Lipinski definition) is 1. The molecule has 0 radical (unpaired) electrons. The maximum atomic E-state index is 5.68. The smallest absolute Gasteiger partial charge is 0.119 e. The predicted molar refractivity (Wildman–Crippen MR) is 90.2 cm³/mol. The van der Waals surface area contributed by atoms with Crippen LogP contribution in [0.4, 0.5) is 0 Å². The fourth-order valence-electron chi connectivity index (χ4n) is 1.87. The summed E-state index contributed by atoms with van der Waals surface area (Å²) in [5.41, 5.74) is 1.27. The molecule has 1 atom stereocenters. The van der Waals surface area contributed by atoms with Crippen LogP contribution in [0.5, 0.6) is 5.75 Å². The Kier molecular flexibility index (Phi) is 6.07. The van der Waals surface area contributed by atoms with E-state index in [-0.39, 0.29) is 0 Å². The lowest BCUT2D eigenvalue weighted by atomic mass is 10.1. The van der Waals surface area contributed by atoms with Gasteiger partial charge in [-0.3, -0.25) is 0 Å². The molecule has 0 fully saturated rings. The molecule has 0 aromatic heterocycles. The van der Waals surface area contributed by atoms with Crippen LogP contribution in [-0.4, -0.2) is 13.2 Å². The fourth-order valence-corrected chi connectivity index (χ4v) is 2.55. The zero-order valence-electron chi connectivity index (χ0n) is 11.3. The molecule has 4 heteroatoms. The van der Waals surface area contributed by atoms with Crippen molar-refractivity contribution < 1.29 is 4.74 Å². The second-order valence-electron chi connectivity index (χ2n) is 4.53. The topological polar surface area (TPSA) is 21.3 Å². The third kappa shape index (κ3) is 4.93. The molecule has 0 aliphatic carbocycles. The molecule has 0 aliphatic rings. The highest BCUT2D eigenvalue weighted by molar-refractivity contribution is 9.10. The first kappa shape index (κ1) is 15.5. The Morgan fingerprint density at radius 2 is 1.80 bits per heavy atom. The zero-order valence-corrected chi connectivity index (χ0v) is 14.4. The Morgan fingerprint density at radius 3 is 2.50 bits per heavy atom. The summed E-state index contributed by atoms with van der Waals surface area (Å²) in [7, 11) is 0. The van der Waals surface area contributed by atoms with E-state index in [2.05, 4.69) is 62.3 Å². The maximum Gasteiger partial charge on any atom is 0.119 e. The Bertz CT molecular complexity index is 542. The van der Waals surface area contributed by atoms with E-state index >= 15 is 0 Å². The molecule has 20 heavy (non-hydrogen) atoms.